The van der Waals surface area contributed by atoms with Crippen LogP contribution in [0.5, 0.6) is 0 Å². The average Bonchev–Trinajstić information content (AvgIpc) is 3.29. The van der Waals surface area contributed by atoms with E-state index in [1.165, 1.54) is 11.3 Å². The maximum absolute atomic E-state index is 11.8. The van der Waals surface area contributed by atoms with Gasteiger partial charge in [0.25, 0.3) is 5.91 Å². The minimum absolute atomic E-state index is 0.0477. The van der Waals surface area contributed by atoms with E-state index in [4.69, 9.17) is 4.74 Å². The Kier molecular flexibility index (Phi) is 9.39. The highest BCUT2D eigenvalue weighted by Crippen LogP contribution is 2.13. The van der Waals surface area contributed by atoms with Crippen molar-refractivity contribution in [1.29, 1.82) is 0 Å². The number of Topliss-reactive ketones (excluding diaryl/α,β-unsaturated/α-hetero) is 2. The monoisotopic (exact) mass is 430 g/mol. The van der Waals surface area contributed by atoms with Crippen LogP contribution in [0.15, 0.2) is 47.8 Å². The normalized spacial score (nSPS) is 10.1. The molecule has 3 amide bonds. The molecule has 0 aliphatic heterocycles. The van der Waals surface area contributed by atoms with Crippen LogP contribution >= 0.6 is 11.3 Å². The third-order valence-electron chi connectivity index (χ3n) is 3.95. The van der Waals surface area contributed by atoms with Crippen molar-refractivity contribution in [1.82, 2.24) is 10.6 Å². The lowest BCUT2D eigenvalue weighted by Gasteiger charge is -2.07. The number of hydrogen-bond acceptors (Lipinski definition) is 7. The van der Waals surface area contributed by atoms with Crippen LogP contribution in [-0.2, 0) is 25.7 Å². The number of ether oxygens (including phenoxy) is 1. The second kappa shape index (κ2) is 12.3. The first-order valence-corrected chi connectivity index (χ1v) is 10.2. The molecule has 0 saturated heterocycles. The number of carbonyl (C=O) groups excluding carboxylic acids is 5. The van der Waals surface area contributed by atoms with Crippen LogP contribution < -0.4 is 10.6 Å². The summed E-state index contributed by atoms with van der Waals surface area (Å²) in [5.74, 6) is -1.85. The molecule has 158 valence electrons. The average molecular weight is 430 g/mol. The number of ketones is 2. The number of hydrogen-bond donors (Lipinski definition) is 2. The summed E-state index contributed by atoms with van der Waals surface area (Å²) in [6.45, 7) is -0.376. The van der Waals surface area contributed by atoms with Crippen molar-refractivity contribution in [2.75, 3.05) is 6.61 Å². The second-order valence-corrected chi connectivity index (χ2v) is 7.26. The summed E-state index contributed by atoms with van der Waals surface area (Å²) in [6, 6.07) is 11.9. The van der Waals surface area contributed by atoms with Crippen LogP contribution in [0.4, 0.5) is 4.79 Å². The first kappa shape index (κ1) is 23.0. The number of nitrogens with one attached hydrogen (secondary N) is 2. The maximum Gasteiger partial charge on any atom is 0.321 e. The summed E-state index contributed by atoms with van der Waals surface area (Å²) in [5, 5.41) is 6.34. The smallest absolute Gasteiger partial charge is 0.321 e. The molecule has 0 saturated carbocycles. The Balaban J connectivity index is 1.56. The van der Waals surface area contributed by atoms with Gasteiger partial charge in [0.2, 0.25) is 0 Å². The predicted molar refractivity (Wildman–Crippen MR) is 110 cm³/mol. The van der Waals surface area contributed by atoms with Gasteiger partial charge < -0.3 is 10.1 Å². The summed E-state index contributed by atoms with van der Waals surface area (Å²) in [4.78, 5) is 59.2. The second-order valence-electron chi connectivity index (χ2n) is 6.32. The predicted octanol–water partition coefficient (Wildman–Crippen LogP) is 2.63. The van der Waals surface area contributed by atoms with Crippen LogP contribution in [0.2, 0.25) is 0 Å². The lowest BCUT2D eigenvalue weighted by molar-refractivity contribution is -0.149. The Morgan fingerprint density at radius 2 is 1.60 bits per heavy atom. The summed E-state index contributed by atoms with van der Waals surface area (Å²) in [7, 11) is 0. The summed E-state index contributed by atoms with van der Waals surface area (Å²) in [5.41, 5.74) is 0.869. The number of rotatable bonds is 11. The molecule has 9 heteroatoms. The molecule has 30 heavy (non-hydrogen) atoms. The standard InChI is InChI=1S/C21H22N2O6S/c24-16(8-10-17(25)18-7-4-12-30-18)9-11-20(27)29-14-19(26)23-21(28)22-13-15-5-2-1-3-6-15/h1-7,12H,8-11,13-14H2,(H2,22,23,26,28). The van der Waals surface area contributed by atoms with Gasteiger partial charge >= 0.3 is 12.0 Å². The quantitative estimate of drug-likeness (QED) is 0.418. The minimum atomic E-state index is -0.776. The first-order valence-electron chi connectivity index (χ1n) is 9.29. The highest BCUT2D eigenvalue weighted by atomic mass is 32.1. The molecular weight excluding hydrogens is 408 g/mol. The van der Waals surface area contributed by atoms with Gasteiger partial charge in [0, 0.05) is 25.8 Å². The molecule has 0 spiro atoms. The number of imide groups is 1. The van der Waals surface area contributed by atoms with Gasteiger partial charge in [-0.1, -0.05) is 36.4 Å². The fourth-order valence-electron chi connectivity index (χ4n) is 2.38. The van der Waals surface area contributed by atoms with Crippen LogP contribution in [0.1, 0.15) is 40.9 Å². The SMILES string of the molecule is O=C(CCC(=O)OCC(=O)NC(=O)NCc1ccccc1)CCC(=O)c1cccs1. The van der Waals surface area contributed by atoms with Gasteiger partial charge in [-0.3, -0.25) is 24.5 Å². The van der Waals surface area contributed by atoms with E-state index in [0.717, 1.165) is 5.56 Å². The molecular formula is C21H22N2O6S. The van der Waals surface area contributed by atoms with E-state index >= 15 is 0 Å². The van der Waals surface area contributed by atoms with Crippen molar-refractivity contribution in [2.24, 2.45) is 0 Å². The molecule has 2 N–H and O–H groups in total. The van der Waals surface area contributed by atoms with Crippen molar-refractivity contribution in [3.63, 3.8) is 0 Å². The van der Waals surface area contributed by atoms with Crippen molar-refractivity contribution in [3.05, 3.63) is 58.3 Å². The van der Waals surface area contributed by atoms with E-state index in [9.17, 15) is 24.0 Å². The fourth-order valence-corrected chi connectivity index (χ4v) is 3.08. The van der Waals surface area contributed by atoms with Crippen LogP contribution in [0.25, 0.3) is 0 Å². The van der Waals surface area contributed by atoms with E-state index in [1.54, 1.807) is 17.5 Å². The number of carbonyl (C=O) groups is 5. The summed E-state index contributed by atoms with van der Waals surface area (Å²) in [6.07, 6.45) is -0.129. The molecule has 0 aliphatic rings. The van der Waals surface area contributed by atoms with E-state index in [1.807, 2.05) is 35.6 Å². The van der Waals surface area contributed by atoms with E-state index < -0.39 is 24.5 Å². The number of esters is 1. The molecule has 0 bridgehead atoms. The molecule has 1 aromatic heterocycles. The Labute approximate surface area is 177 Å². The van der Waals surface area contributed by atoms with Gasteiger partial charge in [0.1, 0.15) is 5.78 Å². The van der Waals surface area contributed by atoms with Gasteiger partial charge in [-0.05, 0) is 17.0 Å². The Bertz CT molecular complexity index is 880. The van der Waals surface area contributed by atoms with Gasteiger partial charge in [0.15, 0.2) is 12.4 Å². The van der Waals surface area contributed by atoms with Crippen LogP contribution in [0.3, 0.4) is 0 Å². The Hall–Kier alpha value is -3.33. The van der Waals surface area contributed by atoms with Gasteiger partial charge in [-0.25, -0.2) is 4.79 Å². The molecule has 2 rings (SSSR count). The minimum Gasteiger partial charge on any atom is -0.456 e. The summed E-state index contributed by atoms with van der Waals surface area (Å²) >= 11 is 1.31. The summed E-state index contributed by atoms with van der Waals surface area (Å²) < 4.78 is 4.75. The topological polar surface area (TPSA) is 119 Å². The zero-order valence-electron chi connectivity index (χ0n) is 16.2. The van der Waals surface area contributed by atoms with Gasteiger partial charge in [-0.15, -0.1) is 11.3 Å². The molecule has 0 fully saturated rings. The number of benzene rings is 1. The third-order valence-corrected chi connectivity index (χ3v) is 4.86. The zero-order chi connectivity index (χ0) is 21.8. The molecule has 0 atom stereocenters. The lowest BCUT2D eigenvalue weighted by Crippen LogP contribution is -2.41. The molecule has 8 nitrogen and oxygen atoms in total. The highest BCUT2D eigenvalue weighted by Gasteiger charge is 2.14. The van der Waals surface area contributed by atoms with Crippen LogP contribution in [0, 0.1) is 0 Å². The highest BCUT2D eigenvalue weighted by molar-refractivity contribution is 7.12. The molecule has 0 unspecified atom stereocenters. The number of urea groups is 1. The Morgan fingerprint density at radius 3 is 2.30 bits per heavy atom. The van der Waals surface area contributed by atoms with E-state index in [2.05, 4.69) is 5.32 Å². The molecule has 2 aromatic rings. The molecule has 0 aliphatic carbocycles. The van der Waals surface area contributed by atoms with Gasteiger partial charge in [0.05, 0.1) is 11.3 Å². The largest absolute Gasteiger partial charge is 0.456 e. The van der Waals surface area contributed by atoms with Gasteiger partial charge in [-0.2, -0.15) is 0 Å². The van der Waals surface area contributed by atoms with Crippen molar-refractivity contribution in [3.8, 4) is 0 Å². The van der Waals surface area contributed by atoms with Crippen LogP contribution in [-0.4, -0.2) is 36.1 Å². The number of thiophene rings is 1. The lowest BCUT2D eigenvalue weighted by atomic mass is 10.1. The van der Waals surface area contributed by atoms with E-state index in [-0.39, 0.29) is 43.8 Å². The maximum atomic E-state index is 11.8. The van der Waals surface area contributed by atoms with Crippen molar-refractivity contribution in [2.45, 2.75) is 32.2 Å². The Morgan fingerprint density at radius 1 is 0.867 bits per heavy atom. The zero-order valence-corrected chi connectivity index (χ0v) is 17.0. The van der Waals surface area contributed by atoms with Crippen molar-refractivity contribution >= 4 is 40.8 Å². The molecule has 0 radical (unpaired) electrons. The molecule has 1 aromatic carbocycles. The molecule has 1 heterocycles. The van der Waals surface area contributed by atoms with E-state index in [0.29, 0.717) is 4.88 Å². The van der Waals surface area contributed by atoms with Crippen molar-refractivity contribution < 1.29 is 28.7 Å². The fraction of sp³-hybridized carbons (Fsp3) is 0.286. The number of amides is 3. The third kappa shape index (κ3) is 8.78. The first-order chi connectivity index (χ1) is 14.4.